The summed E-state index contributed by atoms with van der Waals surface area (Å²) in [5.41, 5.74) is -0.862. The minimum absolute atomic E-state index is 0.0765. The van der Waals surface area contributed by atoms with E-state index in [2.05, 4.69) is 0 Å². The summed E-state index contributed by atoms with van der Waals surface area (Å²) in [6.45, 7) is 5.36. The number of aliphatic hydroxyl groups is 1. The van der Waals surface area contributed by atoms with Crippen molar-refractivity contribution in [3.8, 4) is 5.75 Å². The van der Waals surface area contributed by atoms with Gasteiger partial charge in [0.15, 0.2) is 17.7 Å². The van der Waals surface area contributed by atoms with Crippen LogP contribution in [-0.2, 0) is 10.3 Å². The molecular weight excluding hydrogens is 312 g/mol. The molecular formula is C17H24N2O5. The zero-order chi connectivity index (χ0) is 17.3. The van der Waals surface area contributed by atoms with Crippen LogP contribution in [0.15, 0.2) is 17.1 Å². The Morgan fingerprint density at radius 2 is 2.21 bits per heavy atom. The Morgan fingerprint density at radius 1 is 1.42 bits per heavy atom. The maximum atomic E-state index is 12.9. The van der Waals surface area contributed by atoms with Crippen LogP contribution in [0.4, 0.5) is 0 Å². The third-order valence-electron chi connectivity index (χ3n) is 4.89. The van der Waals surface area contributed by atoms with Gasteiger partial charge in [-0.05, 0) is 13.3 Å². The number of unbranched alkanes of at least 4 members (excludes halogenated alkanes) is 1. The van der Waals surface area contributed by atoms with Crippen LogP contribution in [0.3, 0.4) is 0 Å². The van der Waals surface area contributed by atoms with Crippen molar-refractivity contribution in [1.82, 2.24) is 9.47 Å². The standard InChI is InChI=1S/C17H24N2O5/c1-3-5-9-24-14-12(20)6-8-19-13(14)15(21)18(4-2)16(22)17(19)7-10-23-11-17/h6,8,16,22H,3-5,7,9-11H2,1-2H3. The summed E-state index contributed by atoms with van der Waals surface area (Å²) < 4.78 is 12.9. The van der Waals surface area contributed by atoms with Crippen molar-refractivity contribution in [2.75, 3.05) is 26.4 Å². The van der Waals surface area contributed by atoms with Gasteiger partial charge in [0.2, 0.25) is 5.43 Å². The molecule has 3 rings (SSSR count). The molecule has 1 saturated heterocycles. The highest BCUT2D eigenvalue weighted by atomic mass is 16.5. The lowest BCUT2D eigenvalue weighted by Gasteiger charge is -2.46. The number of carbonyl (C=O) groups excluding carboxylic acids is 1. The van der Waals surface area contributed by atoms with E-state index in [9.17, 15) is 14.7 Å². The van der Waals surface area contributed by atoms with E-state index in [1.54, 1.807) is 17.7 Å². The average Bonchev–Trinajstić information content (AvgIpc) is 3.06. The molecule has 7 nitrogen and oxygen atoms in total. The molecule has 1 spiro atoms. The second-order valence-corrected chi connectivity index (χ2v) is 6.30. The van der Waals surface area contributed by atoms with Gasteiger partial charge in [0, 0.05) is 31.8 Å². The molecule has 0 aliphatic carbocycles. The third kappa shape index (κ3) is 2.43. The zero-order valence-electron chi connectivity index (χ0n) is 14.2. The molecule has 2 aliphatic rings. The van der Waals surface area contributed by atoms with Crippen LogP contribution in [0, 0.1) is 0 Å². The number of nitrogens with zero attached hydrogens (tertiary/aromatic N) is 2. The Labute approximate surface area is 140 Å². The van der Waals surface area contributed by atoms with Gasteiger partial charge in [-0.1, -0.05) is 13.3 Å². The molecule has 2 atom stereocenters. The van der Waals surface area contributed by atoms with E-state index in [1.807, 2.05) is 6.92 Å². The fourth-order valence-electron chi connectivity index (χ4n) is 3.49. The van der Waals surface area contributed by atoms with E-state index in [-0.39, 0.29) is 22.8 Å². The molecule has 0 radical (unpaired) electrons. The van der Waals surface area contributed by atoms with Crippen molar-refractivity contribution in [1.29, 1.82) is 0 Å². The van der Waals surface area contributed by atoms with Crippen LogP contribution in [0.25, 0.3) is 0 Å². The molecule has 0 aromatic carbocycles. The van der Waals surface area contributed by atoms with Crippen LogP contribution in [-0.4, -0.2) is 53.1 Å². The fourth-order valence-corrected chi connectivity index (χ4v) is 3.49. The predicted molar refractivity (Wildman–Crippen MR) is 87.2 cm³/mol. The molecule has 24 heavy (non-hydrogen) atoms. The molecule has 2 unspecified atom stereocenters. The summed E-state index contributed by atoms with van der Waals surface area (Å²) in [5.74, 6) is -0.306. The number of carbonyl (C=O) groups is 1. The molecule has 1 N–H and O–H groups in total. The first-order valence-corrected chi connectivity index (χ1v) is 8.52. The number of hydrogen-bond acceptors (Lipinski definition) is 5. The maximum Gasteiger partial charge on any atom is 0.276 e. The van der Waals surface area contributed by atoms with E-state index < -0.39 is 11.8 Å². The second-order valence-electron chi connectivity index (χ2n) is 6.30. The molecule has 132 valence electrons. The summed E-state index contributed by atoms with van der Waals surface area (Å²) in [6, 6.07) is 1.40. The number of ether oxygens (including phenoxy) is 2. The van der Waals surface area contributed by atoms with Gasteiger partial charge in [0.05, 0.1) is 13.2 Å². The summed E-state index contributed by atoms with van der Waals surface area (Å²) in [4.78, 5) is 26.6. The van der Waals surface area contributed by atoms with Gasteiger partial charge in [-0.25, -0.2) is 0 Å². The highest BCUT2D eigenvalue weighted by molar-refractivity contribution is 5.96. The van der Waals surface area contributed by atoms with Crippen LogP contribution in [0.5, 0.6) is 5.75 Å². The Morgan fingerprint density at radius 3 is 2.83 bits per heavy atom. The van der Waals surface area contributed by atoms with E-state index in [0.29, 0.717) is 32.8 Å². The number of amides is 1. The van der Waals surface area contributed by atoms with Gasteiger partial charge in [-0.3, -0.25) is 9.59 Å². The first kappa shape index (κ1) is 17.0. The normalized spacial score (nSPS) is 26.0. The monoisotopic (exact) mass is 336 g/mol. The number of fused-ring (bicyclic) bond motifs is 2. The quantitative estimate of drug-likeness (QED) is 0.809. The molecule has 1 aromatic rings. The molecule has 1 aromatic heterocycles. The number of aromatic nitrogens is 1. The van der Waals surface area contributed by atoms with Gasteiger partial charge in [-0.15, -0.1) is 0 Å². The largest absolute Gasteiger partial charge is 0.487 e. The fraction of sp³-hybridized carbons (Fsp3) is 0.647. The van der Waals surface area contributed by atoms with Crippen LogP contribution >= 0.6 is 0 Å². The molecule has 3 heterocycles. The lowest BCUT2D eigenvalue weighted by molar-refractivity contribution is -0.0820. The molecule has 7 heteroatoms. The minimum Gasteiger partial charge on any atom is -0.487 e. The van der Waals surface area contributed by atoms with E-state index >= 15 is 0 Å². The maximum absolute atomic E-state index is 12.9. The second kappa shape index (κ2) is 6.57. The summed E-state index contributed by atoms with van der Waals surface area (Å²) in [6.07, 6.45) is 2.89. The van der Waals surface area contributed by atoms with Crippen LogP contribution in [0.2, 0.25) is 0 Å². The SMILES string of the molecule is CCCCOc1c2n(ccc1=O)C1(CCOC1)C(O)N(CC)C2=O. The van der Waals surface area contributed by atoms with E-state index in [0.717, 1.165) is 12.8 Å². The number of hydrogen-bond donors (Lipinski definition) is 1. The number of pyridine rings is 1. The number of rotatable bonds is 5. The van der Waals surface area contributed by atoms with Crippen molar-refractivity contribution in [3.05, 3.63) is 28.2 Å². The van der Waals surface area contributed by atoms with Crippen molar-refractivity contribution < 1.29 is 19.4 Å². The smallest absolute Gasteiger partial charge is 0.276 e. The van der Waals surface area contributed by atoms with Crippen LogP contribution in [0.1, 0.15) is 43.6 Å². The van der Waals surface area contributed by atoms with Gasteiger partial charge in [-0.2, -0.15) is 0 Å². The van der Waals surface area contributed by atoms with Crippen molar-refractivity contribution in [2.45, 2.75) is 44.9 Å². The van der Waals surface area contributed by atoms with Crippen LogP contribution < -0.4 is 10.2 Å². The van der Waals surface area contributed by atoms with Gasteiger partial charge in [0.1, 0.15) is 5.54 Å². The van der Waals surface area contributed by atoms with Gasteiger partial charge < -0.3 is 24.0 Å². The Kier molecular flexibility index (Phi) is 4.64. The lowest BCUT2D eigenvalue weighted by atomic mass is 9.90. The van der Waals surface area contributed by atoms with Crippen molar-refractivity contribution >= 4 is 5.91 Å². The summed E-state index contributed by atoms with van der Waals surface area (Å²) in [5, 5.41) is 10.8. The average molecular weight is 336 g/mol. The first-order valence-electron chi connectivity index (χ1n) is 8.52. The Hall–Kier alpha value is -1.86. The Balaban J connectivity index is 2.16. The highest BCUT2D eigenvalue weighted by Crippen LogP contribution is 2.39. The molecule has 1 fully saturated rings. The first-order chi connectivity index (χ1) is 11.6. The van der Waals surface area contributed by atoms with Crippen molar-refractivity contribution in [3.63, 3.8) is 0 Å². The molecule has 2 aliphatic heterocycles. The lowest BCUT2D eigenvalue weighted by Crippen LogP contribution is -2.62. The number of aliphatic hydroxyl groups excluding tert-OH is 1. The minimum atomic E-state index is -0.990. The molecule has 0 saturated carbocycles. The number of likely N-dealkylation sites (N-methyl/N-ethyl adjacent to an activating group) is 1. The summed E-state index contributed by atoms with van der Waals surface area (Å²) in [7, 11) is 0. The van der Waals surface area contributed by atoms with E-state index in [4.69, 9.17) is 9.47 Å². The molecule has 0 bridgehead atoms. The third-order valence-corrected chi connectivity index (χ3v) is 4.89. The zero-order valence-corrected chi connectivity index (χ0v) is 14.2. The van der Waals surface area contributed by atoms with Crippen molar-refractivity contribution in [2.24, 2.45) is 0 Å². The van der Waals surface area contributed by atoms with Gasteiger partial charge >= 0.3 is 0 Å². The summed E-state index contributed by atoms with van der Waals surface area (Å²) >= 11 is 0. The van der Waals surface area contributed by atoms with Gasteiger partial charge in [0.25, 0.3) is 5.91 Å². The predicted octanol–water partition coefficient (Wildman–Crippen LogP) is 0.937. The topological polar surface area (TPSA) is 81.0 Å². The Bertz CT molecular complexity index is 678. The molecule has 1 amide bonds. The van der Waals surface area contributed by atoms with E-state index in [1.165, 1.54) is 11.0 Å². The highest BCUT2D eigenvalue weighted by Gasteiger charge is 2.52.